The van der Waals surface area contributed by atoms with Crippen LogP contribution in [-0.2, 0) is 28.6 Å². The average Bonchev–Trinajstić information content (AvgIpc) is 3.33. The van der Waals surface area contributed by atoms with Gasteiger partial charge in [0.2, 0.25) is 0 Å². The number of carbonyl (C=O) groups excluding carboxylic acids is 3. The zero-order valence-corrected chi connectivity index (χ0v) is 19.7. The van der Waals surface area contributed by atoms with Crippen LogP contribution in [0.4, 0.5) is 0 Å². The first-order chi connectivity index (χ1) is 15.4. The first-order valence-corrected chi connectivity index (χ1v) is 11.8. The molecule has 1 aromatic heterocycles. The van der Waals surface area contributed by atoms with E-state index in [0.717, 1.165) is 12.0 Å². The number of epoxide rings is 1. The van der Waals surface area contributed by atoms with Gasteiger partial charge in [-0.15, -0.1) is 0 Å². The fourth-order valence-corrected chi connectivity index (χ4v) is 8.49. The Kier molecular flexibility index (Phi) is 3.83. The minimum absolute atomic E-state index is 0.0727. The molecule has 4 heterocycles. The number of allylic oxidation sites excluding steroid dienone is 1. The van der Waals surface area contributed by atoms with Crippen molar-refractivity contribution in [2.24, 2.45) is 28.1 Å². The summed E-state index contributed by atoms with van der Waals surface area (Å²) >= 11 is 0. The molecule has 7 heteroatoms. The van der Waals surface area contributed by atoms with E-state index in [9.17, 15) is 14.4 Å². The molecule has 2 saturated carbocycles. The molecule has 0 radical (unpaired) electrons. The Hall–Kier alpha value is -2.41. The summed E-state index contributed by atoms with van der Waals surface area (Å²) in [7, 11) is 0. The van der Waals surface area contributed by atoms with E-state index in [1.165, 1.54) is 6.08 Å². The number of hydrogen-bond donors (Lipinski definition) is 0. The van der Waals surface area contributed by atoms with Gasteiger partial charge in [0.05, 0.1) is 17.9 Å². The number of carbonyl (C=O) groups is 3. The van der Waals surface area contributed by atoms with Gasteiger partial charge in [0, 0.05) is 29.4 Å². The third-order valence-corrected chi connectivity index (χ3v) is 10.0. The van der Waals surface area contributed by atoms with E-state index >= 15 is 0 Å². The summed E-state index contributed by atoms with van der Waals surface area (Å²) in [6.45, 7) is 9.99. The largest absolute Gasteiger partial charge is 0.472 e. The maximum atomic E-state index is 14.1. The van der Waals surface area contributed by atoms with Crippen molar-refractivity contribution in [3.8, 4) is 0 Å². The van der Waals surface area contributed by atoms with Gasteiger partial charge in [0.1, 0.15) is 23.1 Å². The number of fused-ring (bicyclic) bond motifs is 3. The van der Waals surface area contributed by atoms with E-state index < -0.39 is 45.6 Å². The summed E-state index contributed by atoms with van der Waals surface area (Å²) in [6.07, 6.45) is 7.04. The Balaban J connectivity index is 1.53. The molecule has 6 rings (SSSR count). The van der Waals surface area contributed by atoms with Crippen LogP contribution in [0.2, 0.25) is 0 Å². The predicted octanol–water partition coefficient (Wildman–Crippen LogP) is 3.92. The van der Waals surface area contributed by atoms with Crippen molar-refractivity contribution >= 4 is 17.7 Å². The molecule has 2 unspecified atom stereocenters. The Morgan fingerprint density at radius 2 is 1.76 bits per heavy atom. The molecule has 3 aliphatic heterocycles. The molecule has 0 N–H and O–H groups in total. The number of esters is 2. The van der Waals surface area contributed by atoms with Crippen LogP contribution in [0.5, 0.6) is 0 Å². The van der Waals surface area contributed by atoms with E-state index in [4.69, 9.17) is 18.6 Å². The topological polar surface area (TPSA) is 95.3 Å². The molecule has 1 spiro atoms. The van der Waals surface area contributed by atoms with Gasteiger partial charge in [0.15, 0.2) is 6.10 Å². The highest BCUT2D eigenvalue weighted by Crippen LogP contribution is 2.78. The summed E-state index contributed by atoms with van der Waals surface area (Å²) in [6, 6.07) is 1.81. The Morgan fingerprint density at radius 1 is 1.00 bits per heavy atom. The molecule has 0 aromatic carbocycles. The molecule has 176 valence electrons. The van der Waals surface area contributed by atoms with Crippen LogP contribution in [0, 0.1) is 28.1 Å². The molecule has 2 saturated heterocycles. The van der Waals surface area contributed by atoms with Crippen molar-refractivity contribution in [3.63, 3.8) is 0 Å². The number of Topliss-reactive ketones (excluding diaryl/α,β-unsaturated/α-hetero) is 1. The molecule has 0 bridgehead atoms. The SMILES string of the molecule is CC1(C)OC(=O)C=C[C@@]2(C)C1CC(=O)[C@]1(C)C2CC[C@@]2(C)[C@H](c3ccoc3)OC(=O)[C@H]3O[C@]321. The summed E-state index contributed by atoms with van der Waals surface area (Å²) < 4.78 is 23.3. The molecule has 0 amide bonds. The van der Waals surface area contributed by atoms with E-state index in [-0.39, 0.29) is 30.0 Å². The van der Waals surface area contributed by atoms with Gasteiger partial charge in [-0.3, -0.25) is 4.79 Å². The minimum atomic E-state index is -0.958. The minimum Gasteiger partial charge on any atom is -0.472 e. The van der Waals surface area contributed by atoms with Crippen molar-refractivity contribution in [2.45, 2.75) is 77.3 Å². The fourth-order valence-electron chi connectivity index (χ4n) is 8.49. The van der Waals surface area contributed by atoms with Crippen LogP contribution in [0.1, 0.15) is 65.5 Å². The molecule has 1 aromatic rings. The van der Waals surface area contributed by atoms with Gasteiger partial charge < -0.3 is 18.6 Å². The lowest BCUT2D eigenvalue weighted by Crippen LogP contribution is -2.71. The first kappa shape index (κ1) is 21.1. The maximum Gasteiger partial charge on any atom is 0.339 e. The number of ether oxygens (including phenoxy) is 3. The third kappa shape index (κ3) is 2.23. The molecule has 5 aliphatic rings. The summed E-state index contributed by atoms with van der Waals surface area (Å²) in [4.78, 5) is 39.6. The summed E-state index contributed by atoms with van der Waals surface area (Å²) in [5.74, 6) is -1.02. The van der Waals surface area contributed by atoms with Crippen LogP contribution in [0.3, 0.4) is 0 Å². The van der Waals surface area contributed by atoms with Gasteiger partial charge in [0.25, 0.3) is 0 Å². The smallest absolute Gasteiger partial charge is 0.339 e. The molecule has 4 fully saturated rings. The maximum absolute atomic E-state index is 14.1. The van der Waals surface area contributed by atoms with Crippen LogP contribution >= 0.6 is 0 Å². The predicted molar refractivity (Wildman–Crippen MR) is 115 cm³/mol. The average molecular weight is 455 g/mol. The lowest BCUT2D eigenvalue weighted by Gasteiger charge is -2.64. The van der Waals surface area contributed by atoms with E-state index in [1.54, 1.807) is 12.5 Å². The van der Waals surface area contributed by atoms with Crippen LogP contribution in [0.25, 0.3) is 0 Å². The van der Waals surface area contributed by atoms with Crippen molar-refractivity contribution in [3.05, 3.63) is 36.3 Å². The summed E-state index contributed by atoms with van der Waals surface area (Å²) in [5.41, 5.74) is -2.94. The molecule has 8 atom stereocenters. The second kappa shape index (κ2) is 5.98. The Labute approximate surface area is 192 Å². The third-order valence-electron chi connectivity index (χ3n) is 10.0. The van der Waals surface area contributed by atoms with Gasteiger partial charge in [-0.1, -0.05) is 19.9 Å². The first-order valence-electron chi connectivity index (χ1n) is 11.8. The number of hydrogen-bond acceptors (Lipinski definition) is 7. The lowest BCUT2D eigenvalue weighted by molar-refractivity contribution is -0.215. The molecular formula is C26H30O7. The van der Waals surface area contributed by atoms with Gasteiger partial charge in [-0.05, 0) is 51.0 Å². The quantitative estimate of drug-likeness (QED) is 0.469. The van der Waals surface area contributed by atoms with Crippen LogP contribution in [0.15, 0.2) is 35.2 Å². The highest BCUT2D eigenvalue weighted by atomic mass is 16.7. The van der Waals surface area contributed by atoms with Crippen molar-refractivity contribution < 1.29 is 33.0 Å². The number of cyclic esters (lactones) is 2. The van der Waals surface area contributed by atoms with Crippen molar-refractivity contribution in [1.82, 2.24) is 0 Å². The van der Waals surface area contributed by atoms with Gasteiger partial charge in [-0.25, -0.2) is 9.59 Å². The van der Waals surface area contributed by atoms with Crippen LogP contribution in [-0.4, -0.2) is 35.0 Å². The van der Waals surface area contributed by atoms with Crippen LogP contribution < -0.4 is 0 Å². The molecular weight excluding hydrogens is 424 g/mol. The number of rotatable bonds is 1. The molecule has 7 nitrogen and oxygen atoms in total. The van der Waals surface area contributed by atoms with E-state index in [1.807, 2.05) is 32.9 Å². The Morgan fingerprint density at radius 3 is 2.45 bits per heavy atom. The molecule has 2 aliphatic carbocycles. The van der Waals surface area contributed by atoms with E-state index in [0.29, 0.717) is 6.42 Å². The highest BCUT2D eigenvalue weighted by molar-refractivity contribution is 5.93. The standard InChI is InChI=1S/C26H30O7/c1-22(2)16-12-17(27)25(5)15(23(16,3)9-7-18(28)32-22)6-10-24(4)19(14-8-11-30-13-14)31-21(29)20-26(24,25)33-20/h7-9,11,13,15-16,19-20H,6,10,12H2,1-5H3/t15?,16?,19-,20+,23+,24-,25-,26+/m0/s1. The fraction of sp³-hybridized carbons (Fsp3) is 0.654. The normalized spacial score (nSPS) is 49.5. The second-order valence-electron chi connectivity index (χ2n) is 11.7. The van der Waals surface area contributed by atoms with Crippen molar-refractivity contribution in [2.75, 3.05) is 0 Å². The van der Waals surface area contributed by atoms with Gasteiger partial charge >= 0.3 is 11.9 Å². The zero-order chi connectivity index (χ0) is 23.6. The number of ketones is 1. The zero-order valence-electron chi connectivity index (χ0n) is 19.7. The van der Waals surface area contributed by atoms with E-state index in [2.05, 4.69) is 13.8 Å². The lowest BCUT2D eigenvalue weighted by atomic mass is 9.37. The number of furan rings is 1. The monoisotopic (exact) mass is 454 g/mol. The highest BCUT2D eigenvalue weighted by Gasteiger charge is 2.88. The Bertz CT molecular complexity index is 1100. The molecule has 33 heavy (non-hydrogen) atoms. The summed E-state index contributed by atoms with van der Waals surface area (Å²) in [5, 5.41) is 0. The van der Waals surface area contributed by atoms with Crippen molar-refractivity contribution in [1.29, 1.82) is 0 Å². The van der Waals surface area contributed by atoms with Gasteiger partial charge in [-0.2, -0.15) is 0 Å². The second-order valence-corrected chi connectivity index (χ2v) is 11.7.